The summed E-state index contributed by atoms with van der Waals surface area (Å²) in [4.78, 5) is 13.1. The molecule has 2 aromatic rings. The van der Waals surface area contributed by atoms with E-state index in [0.29, 0.717) is 6.54 Å². The summed E-state index contributed by atoms with van der Waals surface area (Å²) < 4.78 is 2.03. The fourth-order valence-electron chi connectivity index (χ4n) is 1.70. The number of anilines is 1. The van der Waals surface area contributed by atoms with Crippen molar-refractivity contribution >= 4 is 5.82 Å². The molecule has 5 heteroatoms. The summed E-state index contributed by atoms with van der Waals surface area (Å²) >= 11 is 0. The molecule has 0 spiro atoms. The van der Waals surface area contributed by atoms with Crippen molar-refractivity contribution in [3.05, 3.63) is 35.8 Å². The topological polar surface area (TPSA) is 55.6 Å². The van der Waals surface area contributed by atoms with Gasteiger partial charge < -0.3 is 9.88 Å². The zero-order valence-corrected chi connectivity index (χ0v) is 10.4. The Hall–Kier alpha value is -1.91. The van der Waals surface area contributed by atoms with Gasteiger partial charge >= 0.3 is 0 Å². The summed E-state index contributed by atoms with van der Waals surface area (Å²) in [7, 11) is 0. The molecule has 0 aliphatic heterocycles. The lowest BCUT2D eigenvalue weighted by atomic mass is 10.4. The molecule has 1 N–H and O–H groups in total. The van der Waals surface area contributed by atoms with Crippen LogP contribution in [0.4, 0.5) is 5.82 Å². The van der Waals surface area contributed by atoms with Gasteiger partial charge in [-0.15, -0.1) is 0 Å². The van der Waals surface area contributed by atoms with Crippen molar-refractivity contribution in [2.45, 2.75) is 27.3 Å². The number of nitrogens with one attached hydrogen (secondary N) is 1. The second kappa shape index (κ2) is 4.95. The fourth-order valence-corrected chi connectivity index (χ4v) is 1.70. The standard InChI is InChI=1S/C12H17N5/c1-4-13-11-7-9(2)15-12(16-11)8-17-6-5-14-10(17)3/h5-7H,4,8H2,1-3H3,(H,13,15,16). The maximum atomic E-state index is 4.47. The van der Waals surface area contributed by atoms with Gasteiger partial charge in [0.15, 0.2) is 5.82 Å². The molecule has 0 aromatic carbocycles. The Morgan fingerprint density at radius 1 is 1.29 bits per heavy atom. The van der Waals surface area contributed by atoms with Crippen LogP contribution in [0.1, 0.15) is 24.3 Å². The first-order valence-electron chi connectivity index (χ1n) is 5.75. The van der Waals surface area contributed by atoms with Crippen LogP contribution in [0.2, 0.25) is 0 Å². The van der Waals surface area contributed by atoms with Gasteiger partial charge in [0.1, 0.15) is 11.6 Å². The molecule has 90 valence electrons. The highest BCUT2D eigenvalue weighted by molar-refractivity contribution is 5.35. The van der Waals surface area contributed by atoms with Crippen LogP contribution in [0.5, 0.6) is 0 Å². The van der Waals surface area contributed by atoms with Gasteiger partial charge in [-0.05, 0) is 20.8 Å². The van der Waals surface area contributed by atoms with E-state index in [0.717, 1.165) is 29.7 Å². The Kier molecular flexibility index (Phi) is 3.37. The van der Waals surface area contributed by atoms with Crippen molar-refractivity contribution in [3.63, 3.8) is 0 Å². The molecule has 2 rings (SSSR count). The Bertz CT molecular complexity index is 503. The predicted octanol–water partition coefficient (Wildman–Crippen LogP) is 1.77. The summed E-state index contributed by atoms with van der Waals surface area (Å²) in [6, 6.07) is 1.95. The first kappa shape index (κ1) is 11.6. The van der Waals surface area contributed by atoms with Crippen molar-refractivity contribution in [2.24, 2.45) is 0 Å². The molecule has 0 unspecified atom stereocenters. The molecule has 0 atom stereocenters. The first-order chi connectivity index (χ1) is 8.19. The van der Waals surface area contributed by atoms with E-state index >= 15 is 0 Å². The van der Waals surface area contributed by atoms with Gasteiger partial charge in [0.2, 0.25) is 0 Å². The number of hydrogen-bond donors (Lipinski definition) is 1. The van der Waals surface area contributed by atoms with Crippen molar-refractivity contribution < 1.29 is 0 Å². The Morgan fingerprint density at radius 2 is 2.12 bits per heavy atom. The maximum Gasteiger partial charge on any atom is 0.150 e. The van der Waals surface area contributed by atoms with Crippen LogP contribution in [0, 0.1) is 13.8 Å². The van der Waals surface area contributed by atoms with E-state index in [2.05, 4.69) is 27.2 Å². The number of hydrogen-bond acceptors (Lipinski definition) is 4. The van der Waals surface area contributed by atoms with Crippen LogP contribution in [-0.4, -0.2) is 26.1 Å². The molecule has 0 aliphatic carbocycles. The molecule has 2 aromatic heterocycles. The lowest BCUT2D eigenvalue weighted by molar-refractivity contribution is 0.714. The highest BCUT2D eigenvalue weighted by Crippen LogP contribution is 2.08. The predicted molar refractivity (Wildman–Crippen MR) is 67.0 cm³/mol. The van der Waals surface area contributed by atoms with Crippen LogP contribution in [0.25, 0.3) is 0 Å². The summed E-state index contributed by atoms with van der Waals surface area (Å²) in [5.74, 6) is 2.66. The van der Waals surface area contributed by atoms with Crippen LogP contribution >= 0.6 is 0 Å². The lowest BCUT2D eigenvalue weighted by Crippen LogP contribution is -2.09. The first-order valence-corrected chi connectivity index (χ1v) is 5.75. The van der Waals surface area contributed by atoms with E-state index in [1.54, 1.807) is 6.20 Å². The quantitative estimate of drug-likeness (QED) is 0.871. The van der Waals surface area contributed by atoms with Gasteiger partial charge in [0, 0.05) is 30.7 Å². The molecular weight excluding hydrogens is 214 g/mol. The molecule has 0 saturated heterocycles. The van der Waals surface area contributed by atoms with Gasteiger partial charge in [-0.3, -0.25) is 0 Å². The molecular formula is C12H17N5. The van der Waals surface area contributed by atoms with Crippen molar-refractivity contribution in [1.29, 1.82) is 0 Å². The molecule has 17 heavy (non-hydrogen) atoms. The van der Waals surface area contributed by atoms with E-state index in [4.69, 9.17) is 0 Å². The largest absolute Gasteiger partial charge is 0.370 e. The minimum absolute atomic E-state index is 0.659. The lowest BCUT2D eigenvalue weighted by Gasteiger charge is -2.08. The molecule has 5 nitrogen and oxygen atoms in total. The van der Waals surface area contributed by atoms with Crippen LogP contribution in [0.15, 0.2) is 18.5 Å². The van der Waals surface area contributed by atoms with Crippen molar-refractivity contribution in [2.75, 3.05) is 11.9 Å². The Balaban J connectivity index is 2.23. The third-order valence-electron chi connectivity index (χ3n) is 2.49. The van der Waals surface area contributed by atoms with Crippen LogP contribution < -0.4 is 5.32 Å². The number of nitrogens with zero attached hydrogens (tertiary/aromatic N) is 4. The number of aromatic nitrogens is 4. The zero-order chi connectivity index (χ0) is 12.3. The van der Waals surface area contributed by atoms with Crippen molar-refractivity contribution in [3.8, 4) is 0 Å². The molecule has 0 bridgehead atoms. The third kappa shape index (κ3) is 2.81. The summed E-state index contributed by atoms with van der Waals surface area (Å²) in [6.45, 7) is 7.52. The van der Waals surface area contributed by atoms with Gasteiger partial charge in [0.25, 0.3) is 0 Å². The average Bonchev–Trinajstić information content (AvgIpc) is 2.64. The van der Waals surface area contributed by atoms with E-state index in [1.807, 2.05) is 30.7 Å². The third-order valence-corrected chi connectivity index (χ3v) is 2.49. The van der Waals surface area contributed by atoms with Crippen LogP contribution in [0.3, 0.4) is 0 Å². The second-order valence-electron chi connectivity index (χ2n) is 3.94. The molecule has 0 fully saturated rings. The molecule has 0 saturated carbocycles. The number of rotatable bonds is 4. The van der Waals surface area contributed by atoms with Crippen LogP contribution in [-0.2, 0) is 6.54 Å². The van der Waals surface area contributed by atoms with E-state index < -0.39 is 0 Å². The van der Waals surface area contributed by atoms with Gasteiger partial charge in [-0.1, -0.05) is 0 Å². The van der Waals surface area contributed by atoms with Crippen molar-refractivity contribution in [1.82, 2.24) is 19.5 Å². The van der Waals surface area contributed by atoms with Gasteiger partial charge in [-0.2, -0.15) is 0 Å². The molecule has 0 aliphatic rings. The average molecular weight is 231 g/mol. The fraction of sp³-hybridized carbons (Fsp3) is 0.417. The maximum absolute atomic E-state index is 4.47. The van der Waals surface area contributed by atoms with E-state index in [1.165, 1.54) is 0 Å². The minimum atomic E-state index is 0.659. The molecule has 2 heterocycles. The Labute approximate surface area is 101 Å². The minimum Gasteiger partial charge on any atom is -0.370 e. The number of aryl methyl sites for hydroxylation is 2. The summed E-state index contributed by atoms with van der Waals surface area (Å²) in [6.07, 6.45) is 3.73. The summed E-state index contributed by atoms with van der Waals surface area (Å²) in [5.41, 5.74) is 0.976. The van der Waals surface area contributed by atoms with Gasteiger partial charge in [0.05, 0.1) is 6.54 Å². The molecule has 0 radical (unpaired) electrons. The Morgan fingerprint density at radius 3 is 2.76 bits per heavy atom. The highest BCUT2D eigenvalue weighted by Gasteiger charge is 2.04. The monoisotopic (exact) mass is 231 g/mol. The highest BCUT2D eigenvalue weighted by atomic mass is 15.1. The summed E-state index contributed by atoms with van der Waals surface area (Å²) in [5, 5.41) is 3.21. The normalized spacial score (nSPS) is 10.5. The number of imidazole rings is 1. The molecule has 0 amide bonds. The second-order valence-corrected chi connectivity index (χ2v) is 3.94. The van der Waals surface area contributed by atoms with E-state index in [9.17, 15) is 0 Å². The zero-order valence-electron chi connectivity index (χ0n) is 10.4. The van der Waals surface area contributed by atoms with Gasteiger partial charge in [-0.25, -0.2) is 15.0 Å². The van der Waals surface area contributed by atoms with E-state index in [-0.39, 0.29) is 0 Å². The SMILES string of the molecule is CCNc1cc(C)nc(Cn2ccnc2C)n1. The smallest absolute Gasteiger partial charge is 0.150 e.